The number of hydrogen-bond acceptors (Lipinski definition) is 4. The predicted octanol–water partition coefficient (Wildman–Crippen LogP) is 2.16. The normalized spacial score (nSPS) is 11.1. The number of fused-ring (bicyclic) bond motifs is 1. The van der Waals surface area contributed by atoms with Crippen molar-refractivity contribution in [2.24, 2.45) is 0 Å². The number of thiol groups is 1. The first-order chi connectivity index (χ1) is 7.29. The van der Waals surface area contributed by atoms with E-state index in [9.17, 15) is 0 Å². The summed E-state index contributed by atoms with van der Waals surface area (Å²) in [4.78, 5) is 4.29. The Kier molecular flexibility index (Phi) is 3.28. The first kappa shape index (κ1) is 10.5. The Morgan fingerprint density at radius 2 is 2.33 bits per heavy atom. The van der Waals surface area contributed by atoms with Crippen LogP contribution in [-0.4, -0.2) is 17.3 Å². The molecule has 0 aliphatic rings. The summed E-state index contributed by atoms with van der Waals surface area (Å²) in [7, 11) is 0. The topological polar surface area (TPSA) is 38.1 Å². The zero-order valence-corrected chi connectivity index (χ0v) is 9.55. The van der Waals surface area contributed by atoms with Gasteiger partial charge >= 0.3 is 0 Å². The average molecular weight is 222 g/mol. The largest absolute Gasteiger partial charge is 0.441 e. The van der Waals surface area contributed by atoms with Gasteiger partial charge in [-0.2, -0.15) is 12.6 Å². The Morgan fingerprint density at radius 3 is 3.13 bits per heavy atom. The molecule has 3 nitrogen and oxygen atoms in total. The van der Waals surface area contributed by atoms with E-state index in [2.05, 4.69) is 35.1 Å². The zero-order valence-electron chi connectivity index (χ0n) is 8.66. The number of nitrogens with zero attached hydrogens (tertiary/aromatic N) is 1. The summed E-state index contributed by atoms with van der Waals surface area (Å²) in [6.45, 7) is 3.63. The van der Waals surface area contributed by atoms with Crippen LogP contribution in [-0.2, 0) is 6.54 Å². The van der Waals surface area contributed by atoms with Gasteiger partial charge in [-0.25, -0.2) is 4.98 Å². The van der Waals surface area contributed by atoms with E-state index in [1.165, 1.54) is 5.56 Å². The highest BCUT2D eigenvalue weighted by molar-refractivity contribution is 7.80. The molecule has 80 valence electrons. The Bertz CT molecular complexity index is 453. The van der Waals surface area contributed by atoms with E-state index in [1.807, 2.05) is 13.0 Å². The van der Waals surface area contributed by atoms with E-state index in [0.29, 0.717) is 5.89 Å². The van der Waals surface area contributed by atoms with Gasteiger partial charge in [-0.1, -0.05) is 6.07 Å². The fraction of sp³-hybridized carbons (Fsp3) is 0.364. The van der Waals surface area contributed by atoms with Crippen LogP contribution >= 0.6 is 12.6 Å². The number of nitrogens with one attached hydrogen (secondary N) is 1. The van der Waals surface area contributed by atoms with Crippen LogP contribution in [0.25, 0.3) is 11.1 Å². The third-order valence-corrected chi connectivity index (χ3v) is 2.40. The smallest absolute Gasteiger partial charge is 0.192 e. The van der Waals surface area contributed by atoms with Crippen molar-refractivity contribution in [2.75, 3.05) is 12.3 Å². The molecular formula is C11H14N2OS. The average Bonchev–Trinajstić information content (AvgIpc) is 2.57. The lowest BCUT2D eigenvalue weighted by atomic mass is 10.2. The van der Waals surface area contributed by atoms with Gasteiger partial charge < -0.3 is 9.73 Å². The summed E-state index contributed by atoms with van der Waals surface area (Å²) in [5, 5.41) is 3.29. The van der Waals surface area contributed by atoms with E-state index >= 15 is 0 Å². The minimum atomic E-state index is 0.713. The molecule has 1 N–H and O–H groups in total. The molecule has 15 heavy (non-hydrogen) atoms. The molecule has 2 aromatic rings. The summed E-state index contributed by atoms with van der Waals surface area (Å²) >= 11 is 4.14. The van der Waals surface area contributed by atoms with E-state index < -0.39 is 0 Å². The number of oxazole rings is 1. The molecule has 0 amide bonds. The minimum Gasteiger partial charge on any atom is -0.441 e. The van der Waals surface area contributed by atoms with Crippen LogP contribution in [0.15, 0.2) is 22.6 Å². The van der Waals surface area contributed by atoms with Crippen molar-refractivity contribution in [3.05, 3.63) is 29.7 Å². The number of rotatable bonds is 4. The third kappa shape index (κ3) is 2.52. The van der Waals surface area contributed by atoms with Gasteiger partial charge in [-0.05, 0) is 17.7 Å². The SMILES string of the molecule is Cc1nc2cc(CNCCS)ccc2o1. The van der Waals surface area contributed by atoms with Crippen molar-refractivity contribution in [1.82, 2.24) is 10.3 Å². The molecule has 1 aromatic heterocycles. The van der Waals surface area contributed by atoms with Crippen molar-refractivity contribution in [2.45, 2.75) is 13.5 Å². The molecular weight excluding hydrogens is 208 g/mol. The van der Waals surface area contributed by atoms with E-state index in [-0.39, 0.29) is 0 Å². The van der Waals surface area contributed by atoms with Gasteiger partial charge in [0.2, 0.25) is 0 Å². The molecule has 2 rings (SSSR count). The molecule has 0 aliphatic heterocycles. The quantitative estimate of drug-likeness (QED) is 0.615. The summed E-state index contributed by atoms with van der Waals surface area (Å²) in [6.07, 6.45) is 0. The minimum absolute atomic E-state index is 0.713. The van der Waals surface area contributed by atoms with Crippen LogP contribution < -0.4 is 5.32 Å². The van der Waals surface area contributed by atoms with Gasteiger partial charge in [0.25, 0.3) is 0 Å². The van der Waals surface area contributed by atoms with Crippen LogP contribution in [0, 0.1) is 6.92 Å². The van der Waals surface area contributed by atoms with Gasteiger partial charge in [0.1, 0.15) is 5.52 Å². The molecule has 0 saturated carbocycles. The highest BCUT2D eigenvalue weighted by atomic mass is 32.1. The van der Waals surface area contributed by atoms with Crippen LogP contribution in [0.1, 0.15) is 11.5 Å². The molecule has 0 saturated heterocycles. The number of benzene rings is 1. The van der Waals surface area contributed by atoms with Crippen LogP contribution in [0.3, 0.4) is 0 Å². The van der Waals surface area contributed by atoms with E-state index in [1.54, 1.807) is 0 Å². The summed E-state index contributed by atoms with van der Waals surface area (Å²) in [5.74, 6) is 1.57. The van der Waals surface area contributed by atoms with E-state index in [0.717, 1.165) is 29.9 Å². The van der Waals surface area contributed by atoms with Crippen LogP contribution in [0.5, 0.6) is 0 Å². The first-order valence-corrected chi connectivity index (χ1v) is 5.60. The third-order valence-electron chi connectivity index (χ3n) is 2.18. The monoisotopic (exact) mass is 222 g/mol. The molecule has 0 radical (unpaired) electrons. The number of hydrogen-bond donors (Lipinski definition) is 2. The van der Waals surface area contributed by atoms with Gasteiger partial charge in [0, 0.05) is 25.8 Å². The summed E-state index contributed by atoms with van der Waals surface area (Å²) < 4.78 is 5.40. The second-order valence-electron chi connectivity index (χ2n) is 3.44. The van der Waals surface area contributed by atoms with E-state index in [4.69, 9.17) is 4.42 Å². The highest BCUT2D eigenvalue weighted by Gasteiger charge is 2.02. The Morgan fingerprint density at radius 1 is 1.47 bits per heavy atom. The van der Waals surface area contributed by atoms with Gasteiger partial charge in [0.05, 0.1) is 0 Å². The lowest BCUT2D eigenvalue weighted by molar-refractivity contribution is 0.561. The van der Waals surface area contributed by atoms with Crippen molar-refractivity contribution in [3.63, 3.8) is 0 Å². The fourth-order valence-corrected chi connectivity index (χ4v) is 1.67. The Balaban J connectivity index is 2.15. The molecule has 0 spiro atoms. The molecule has 0 unspecified atom stereocenters. The zero-order chi connectivity index (χ0) is 10.7. The number of aromatic nitrogens is 1. The lowest BCUT2D eigenvalue weighted by Gasteiger charge is -2.01. The molecule has 0 atom stereocenters. The van der Waals surface area contributed by atoms with Crippen LogP contribution in [0.2, 0.25) is 0 Å². The Labute approximate surface area is 94.3 Å². The summed E-state index contributed by atoms with van der Waals surface area (Å²) in [5.41, 5.74) is 3.00. The maximum Gasteiger partial charge on any atom is 0.192 e. The van der Waals surface area contributed by atoms with Crippen molar-refractivity contribution >= 4 is 23.7 Å². The standard InChI is InChI=1S/C11H14N2OS/c1-8-13-10-6-9(7-12-4-5-15)2-3-11(10)14-8/h2-3,6,12,15H,4-5,7H2,1H3. The molecule has 4 heteroatoms. The number of aryl methyl sites for hydroxylation is 1. The lowest BCUT2D eigenvalue weighted by Crippen LogP contribution is -2.15. The molecule has 0 bridgehead atoms. The fourth-order valence-electron chi connectivity index (χ4n) is 1.51. The predicted molar refractivity (Wildman–Crippen MR) is 64.3 cm³/mol. The van der Waals surface area contributed by atoms with Crippen molar-refractivity contribution in [1.29, 1.82) is 0 Å². The Hall–Kier alpha value is -1.00. The molecule has 1 aromatic carbocycles. The highest BCUT2D eigenvalue weighted by Crippen LogP contribution is 2.16. The summed E-state index contributed by atoms with van der Waals surface area (Å²) in [6, 6.07) is 6.07. The molecule has 0 aliphatic carbocycles. The van der Waals surface area contributed by atoms with Crippen molar-refractivity contribution < 1.29 is 4.42 Å². The molecule has 1 heterocycles. The van der Waals surface area contributed by atoms with Crippen molar-refractivity contribution in [3.8, 4) is 0 Å². The van der Waals surface area contributed by atoms with Gasteiger partial charge in [0.15, 0.2) is 11.5 Å². The van der Waals surface area contributed by atoms with Gasteiger partial charge in [-0.15, -0.1) is 0 Å². The maximum atomic E-state index is 5.40. The second-order valence-corrected chi connectivity index (χ2v) is 3.88. The second kappa shape index (κ2) is 4.68. The molecule has 0 fully saturated rings. The maximum absolute atomic E-state index is 5.40. The first-order valence-electron chi connectivity index (χ1n) is 4.97. The van der Waals surface area contributed by atoms with Crippen LogP contribution in [0.4, 0.5) is 0 Å². The van der Waals surface area contributed by atoms with Gasteiger partial charge in [-0.3, -0.25) is 0 Å².